The van der Waals surface area contributed by atoms with E-state index in [9.17, 15) is 14.4 Å². The second-order valence-corrected chi connectivity index (χ2v) is 14.6. The summed E-state index contributed by atoms with van der Waals surface area (Å²) < 4.78 is 28.7. The molecule has 0 spiro atoms. The van der Waals surface area contributed by atoms with Crippen LogP contribution in [-0.2, 0) is 35.1 Å². The molecule has 1 amide bonds. The zero-order chi connectivity index (χ0) is 39.5. The molecule has 11 heteroatoms. The van der Waals surface area contributed by atoms with Gasteiger partial charge in [0.25, 0.3) is 0 Å². The van der Waals surface area contributed by atoms with E-state index in [1.54, 1.807) is 14.0 Å². The van der Waals surface area contributed by atoms with Gasteiger partial charge in [0.2, 0.25) is 0 Å². The summed E-state index contributed by atoms with van der Waals surface area (Å²) in [5.41, 5.74) is 3.64. The third kappa shape index (κ3) is 13.7. The number of benzene rings is 3. The molecule has 3 aromatic rings. The number of rotatable bonds is 22. The maximum Gasteiger partial charge on any atom is 0.411 e. The molecule has 11 nitrogen and oxygen atoms in total. The number of unbranched alkanes of at least 4 members (excludes halogenated alkanes) is 3. The van der Waals surface area contributed by atoms with E-state index in [1.807, 2.05) is 85.8 Å². The van der Waals surface area contributed by atoms with Crippen LogP contribution >= 0.6 is 0 Å². The highest BCUT2D eigenvalue weighted by Crippen LogP contribution is 2.29. The summed E-state index contributed by atoms with van der Waals surface area (Å²) in [5.74, 6) is 0.301. The molecule has 0 bridgehead atoms. The molecule has 1 aliphatic heterocycles. The van der Waals surface area contributed by atoms with Crippen LogP contribution in [0.15, 0.2) is 78.9 Å². The predicted molar refractivity (Wildman–Crippen MR) is 215 cm³/mol. The van der Waals surface area contributed by atoms with Crippen molar-refractivity contribution in [2.45, 2.75) is 90.0 Å². The minimum atomic E-state index is -0.514. The minimum absolute atomic E-state index is 0.244. The molecule has 1 fully saturated rings. The van der Waals surface area contributed by atoms with E-state index in [0.29, 0.717) is 68.8 Å². The van der Waals surface area contributed by atoms with E-state index in [1.165, 1.54) is 0 Å². The van der Waals surface area contributed by atoms with Crippen LogP contribution in [0.2, 0.25) is 0 Å². The Hall–Kier alpha value is -4.45. The van der Waals surface area contributed by atoms with Gasteiger partial charge in [-0.15, -0.1) is 0 Å². The molecule has 1 N–H and O–H groups in total. The van der Waals surface area contributed by atoms with Crippen LogP contribution in [0.4, 0.5) is 10.5 Å². The van der Waals surface area contributed by atoms with Crippen molar-refractivity contribution < 1.29 is 42.6 Å². The second-order valence-electron chi connectivity index (χ2n) is 14.6. The van der Waals surface area contributed by atoms with Gasteiger partial charge in [-0.25, -0.2) is 9.59 Å². The Morgan fingerprint density at radius 2 is 1.45 bits per heavy atom. The van der Waals surface area contributed by atoms with Crippen LogP contribution in [-0.4, -0.2) is 106 Å². The Labute approximate surface area is 327 Å². The van der Waals surface area contributed by atoms with Gasteiger partial charge in [-0.05, 0) is 70.1 Å². The molecule has 0 radical (unpaired) electrons. The van der Waals surface area contributed by atoms with E-state index in [0.717, 1.165) is 54.7 Å². The third-order valence-electron chi connectivity index (χ3n) is 10.3. The second kappa shape index (κ2) is 22.8. The number of likely N-dealkylation sites (tertiary alicyclic amines) is 1. The number of quaternary nitrogens is 1. The Bertz CT molecular complexity index is 1610. The maximum absolute atomic E-state index is 13.4. The number of likely N-dealkylation sites (N-methyl/N-ethyl adjacent to an activating group) is 1. The smallest absolute Gasteiger partial charge is 0.411 e. The van der Waals surface area contributed by atoms with Crippen LogP contribution in [0.5, 0.6) is 5.75 Å². The number of anilines is 1. The maximum atomic E-state index is 13.4. The molecule has 0 saturated carbocycles. The Balaban J connectivity index is 1.26. The van der Waals surface area contributed by atoms with E-state index >= 15 is 0 Å². The number of nitrogens with one attached hydrogen (secondary N) is 1. The number of hydrogen-bond donors (Lipinski definition) is 1. The van der Waals surface area contributed by atoms with E-state index in [2.05, 4.69) is 24.3 Å². The Morgan fingerprint density at radius 3 is 2.18 bits per heavy atom. The lowest BCUT2D eigenvalue weighted by molar-refractivity contribution is -0.907. The molecule has 1 aliphatic rings. The number of methoxy groups -OCH3 is 1. The average molecular weight is 761 g/mol. The van der Waals surface area contributed by atoms with Crippen LogP contribution in [0.3, 0.4) is 0 Å². The zero-order valence-corrected chi connectivity index (χ0v) is 33.5. The molecule has 4 rings (SSSR count). The highest BCUT2D eigenvalue weighted by Gasteiger charge is 2.39. The van der Waals surface area contributed by atoms with Gasteiger partial charge in [0.05, 0.1) is 53.3 Å². The normalized spacial score (nSPS) is 14.8. The Morgan fingerprint density at radius 1 is 0.800 bits per heavy atom. The van der Waals surface area contributed by atoms with Crippen LogP contribution in [0, 0.1) is 0 Å². The standard InChI is InChI=1S/C44H61N3O8/c1-6-53-42(48)39(46-29-27-36(28-30-46)55-44(50)45-38-23-15-14-22-37(38)34-19-11-10-12-20-34)25-26-40(43(49)54-7-2)47(3,4)31-17-8-9-18-32-52-33-35-21-13-16-24-41(35)51-5/h10-16,19-24,36,39-40H,6-9,17-18,25-33H2,1-5H3/p+1/t39-,40+/m0/s1. The molecule has 0 aromatic heterocycles. The molecule has 2 atom stereocenters. The first-order valence-electron chi connectivity index (χ1n) is 19.9. The molecule has 0 aliphatic carbocycles. The number of piperidine rings is 1. The molecular weight excluding hydrogens is 698 g/mol. The molecule has 3 aromatic carbocycles. The summed E-state index contributed by atoms with van der Waals surface area (Å²) >= 11 is 0. The fourth-order valence-corrected chi connectivity index (χ4v) is 7.29. The van der Waals surface area contributed by atoms with Crippen molar-refractivity contribution in [2.24, 2.45) is 0 Å². The lowest BCUT2D eigenvalue weighted by atomic mass is 9.99. The number of nitrogens with zero attached hydrogens (tertiary/aromatic N) is 2. The van der Waals surface area contributed by atoms with Crippen molar-refractivity contribution in [3.63, 3.8) is 0 Å². The largest absolute Gasteiger partial charge is 0.496 e. The van der Waals surface area contributed by atoms with Gasteiger partial charge >= 0.3 is 18.0 Å². The van der Waals surface area contributed by atoms with Gasteiger partial charge < -0.3 is 28.2 Å². The summed E-state index contributed by atoms with van der Waals surface area (Å²) in [7, 11) is 5.81. The predicted octanol–water partition coefficient (Wildman–Crippen LogP) is 7.87. The highest BCUT2D eigenvalue weighted by atomic mass is 16.6. The van der Waals surface area contributed by atoms with E-state index in [-0.39, 0.29) is 24.6 Å². The fourth-order valence-electron chi connectivity index (χ4n) is 7.29. The SMILES string of the molecule is CCOC(=O)[C@@H](CC[C@@H](C(=O)OCC)N1CCC(OC(=O)Nc2ccccc2-c2ccccc2)CC1)[N+](C)(C)CCCCCCOCc1ccccc1OC. The van der Waals surface area contributed by atoms with Crippen LogP contribution in [0.25, 0.3) is 11.1 Å². The van der Waals surface area contributed by atoms with Gasteiger partial charge in [0.1, 0.15) is 17.9 Å². The van der Waals surface area contributed by atoms with Crippen molar-refractivity contribution in [3.05, 3.63) is 84.4 Å². The van der Waals surface area contributed by atoms with Gasteiger partial charge in [0, 0.05) is 37.2 Å². The summed E-state index contributed by atoms with van der Waals surface area (Å²) in [4.78, 5) is 41.8. The van der Waals surface area contributed by atoms with E-state index < -0.39 is 18.2 Å². The highest BCUT2D eigenvalue weighted by molar-refractivity contribution is 5.91. The molecule has 55 heavy (non-hydrogen) atoms. The molecule has 300 valence electrons. The van der Waals surface area contributed by atoms with Gasteiger partial charge in [-0.1, -0.05) is 73.2 Å². The first-order valence-corrected chi connectivity index (χ1v) is 19.9. The number of carbonyl (C=O) groups is 3. The number of hydrogen-bond acceptors (Lipinski definition) is 9. The van der Waals surface area contributed by atoms with Crippen molar-refractivity contribution in [2.75, 3.05) is 66.0 Å². The first-order chi connectivity index (χ1) is 26.7. The number of esters is 2. The lowest BCUT2D eigenvalue weighted by Crippen LogP contribution is -2.55. The number of carbonyl (C=O) groups excluding carboxylic acids is 3. The molecule has 1 saturated heterocycles. The van der Waals surface area contributed by atoms with Crippen LogP contribution < -0.4 is 10.1 Å². The summed E-state index contributed by atoms with van der Waals surface area (Å²) in [6, 6.07) is 24.5. The van der Waals surface area contributed by atoms with Crippen LogP contribution in [0.1, 0.15) is 70.8 Å². The monoisotopic (exact) mass is 760 g/mol. The molecule has 1 heterocycles. The van der Waals surface area contributed by atoms with Gasteiger partial charge in [0.15, 0.2) is 6.04 Å². The summed E-state index contributed by atoms with van der Waals surface area (Å²) in [6.45, 7) is 7.32. The Kier molecular flexibility index (Phi) is 18.0. The van der Waals surface area contributed by atoms with Crippen molar-refractivity contribution in [1.82, 2.24) is 4.90 Å². The molecule has 0 unspecified atom stereocenters. The number of amides is 1. The molecular formula is C44H62N3O8+. The van der Waals surface area contributed by atoms with Gasteiger partial charge in [-0.3, -0.25) is 15.0 Å². The lowest BCUT2D eigenvalue weighted by Gasteiger charge is -2.39. The third-order valence-corrected chi connectivity index (χ3v) is 10.3. The quantitative estimate of drug-likeness (QED) is 0.0473. The fraction of sp³-hybridized carbons (Fsp3) is 0.523. The first kappa shape index (κ1) is 43.3. The number of ether oxygens (including phenoxy) is 5. The van der Waals surface area contributed by atoms with Gasteiger partial charge in [-0.2, -0.15) is 0 Å². The van der Waals surface area contributed by atoms with Crippen molar-refractivity contribution in [3.8, 4) is 16.9 Å². The summed E-state index contributed by atoms with van der Waals surface area (Å²) in [6.07, 6.45) is 5.27. The zero-order valence-electron chi connectivity index (χ0n) is 33.5. The van der Waals surface area contributed by atoms with E-state index in [4.69, 9.17) is 23.7 Å². The number of para-hydroxylation sites is 2. The van der Waals surface area contributed by atoms with Crippen molar-refractivity contribution in [1.29, 1.82) is 0 Å². The topological polar surface area (TPSA) is 113 Å². The summed E-state index contributed by atoms with van der Waals surface area (Å²) in [5, 5.41) is 2.93. The minimum Gasteiger partial charge on any atom is -0.496 e. The van der Waals surface area contributed by atoms with Crippen molar-refractivity contribution >= 4 is 23.7 Å². The average Bonchev–Trinajstić information content (AvgIpc) is 3.18.